The Balaban J connectivity index is 1.76. The minimum Gasteiger partial charge on any atom is -0.307 e. The standard InChI is InChI=1S/C12H16OS/c1-3-7-11(8-4-1)13-14-12-9-5-2-6-10-12/h2,5-6,9-11H,1,3-4,7-8H2. The number of hydrogen-bond donors (Lipinski definition) is 0. The van der Waals surface area contributed by atoms with Gasteiger partial charge in [0.25, 0.3) is 0 Å². The Bertz CT molecular complexity index is 254. The average Bonchev–Trinajstić information content (AvgIpc) is 2.29. The average molecular weight is 208 g/mol. The lowest BCUT2D eigenvalue weighted by Crippen LogP contribution is -2.12. The second-order valence-corrected chi connectivity index (χ2v) is 4.58. The third-order valence-corrected chi connectivity index (χ3v) is 3.41. The van der Waals surface area contributed by atoms with E-state index in [0.717, 1.165) is 0 Å². The molecule has 2 rings (SSSR count). The van der Waals surface area contributed by atoms with Gasteiger partial charge in [0.05, 0.1) is 6.10 Å². The van der Waals surface area contributed by atoms with E-state index in [1.54, 1.807) is 0 Å². The third kappa shape index (κ3) is 3.03. The summed E-state index contributed by atoms with van der Waals surface area (Å²) in [6.45, 7) is 0. The topological polar surface area (TPSA) is 9.23 Å². The quantitative estimate of drug-likeness (QED) is 0.693. The molecular formula is C12H16OS. The minimum absolute atomic E-state index is 0.481. The first-order chi connectivity index (χ1) is 6.95. The van der Waals surface area contributed by atoms with Gasteiger partial charge in [0.2, 0.25) is 0 Å². The zero-order valence-electron chi connectivity index (χ0n) is 8.32. The molecule has 1 aliphatic rings. The van der Waals surface area contributed by atoms with Gasteiger partial charge in [0, 0.05) is 16.9 Å². The second-order valence-electron chi connectivity index (χ2n) is 3.75. The van der Waals surface area contributed by atoms with Crippen molar-refractivity contribution in [2.75, 3.05) is 0 Å². The van der Waals surface area contributed by atoms with Crippen molar-refractivity contribution in [1.82, 2.24) is 0 Å². The van der Waals surface area contributed by atoms with Crippen LogP contribution in [0.15, 0.2) is 35.2 Å². The highest BCUT2D eigenvalue weighted by atomic mass is 32.2. The van der Waals surface area contributed by atoms with E-state index in [-0.39, 0.29) is 0 Å². The van der Waals surface area contributed by atoms with Crippen LogP contribution in [-0.4, -0.2) is 6.10 Å². The van der Waals surface area contributed by atoms with Gasteiger partial charge < -0.3 is 4.18 Å². The van der Waals surface area contributed by atoms with Crippen molar-refractivity contribution >= 4 is 12.0 Å². The normalized spacial score (nSPS) is 18.3. The summed E-state index contributed by atoms with van der Waals surface area (Å²) < 4.78 is 5.79. The fourth-order valence-electron chi connectivity index (χ4n) is 1.76. The highest BCUT2D eigenvalue weighted by Gasteiger charge is 2.14. The Morgan fingerprint density at radius 1 is 1.00 bits per heavy atom. The number of rotatable bonds is 3. The molecule has 1 aliphatic carbocycles. The van der Waals surface area contributed by atoms with Crippen molar-refractivity contribution in [2.24, 2.45) is 0 Å². The molecule has 0 aromatic heterocycles. The SMILES string of the molecule is c1ccc(SOC2CCCCC2)cc1. The van der Waals surface area contributed by atoms with E-state index >= 15 is 0 Å². The van der Waals surface area contributed by atoms with E-state index in [1.165, 1.54) is 49.0 Å². The van der Waals surface area contributed by atoms with Crippen molar-refractivity contribution in [3.8, 4) is 0 Å². The van der Waals surface area contributed by atoms with Crippen LogP contribution in [0.5, 0.6) is 0 Å². The van der Waals surface area contributed by atoms with E-state index in [0.29, 0.717) is 6.10 Å². The van der Waals surface area contributed by atoms with Gasteiger partial charge in [0.15, 0.2) is 0 Å². The molecule has 0 N–H and O–H groups in total. The fourth-order valence-corrected chi connectivity index (χ4v) is 2.47. The van der Waals surface area contributed by atoms with Crippen molar-refractivity contribution < 1.29 is 4.18 Å². The summed E-state index contributed by atoms with van der Waals surface area (Å²) in [5.41, 5.74) is 0. The van der Waals surface area contributed by atoms with Gasteiger partial charge in [-0.2, -0.15) is 0 Å². The van der Waals surface area contributed by atoms with Crippen molar-refractivity contribution in [2.45, 2.75) is 43.1 Å². The summed E-state index contributed by atoms with van der Waals surface area (Å²) in [7, 11) is 0. The highest BCUT2D eigenvalue weighted by molar-refractivity contribution is 7.94. The van der Waals surface area contributed by atoms with Crippen LogP contribution in [0, 0.1) is 0 Å². The first-order valence-electron chi connectivity index (χ1n) is 5.33. The van der Waals surface area contributed by atoms with Gasteiger partial charge in [0.1, 0.15) is 0 Å². The van der Waals surface area contributed by atoms with Crippen LogP contribution in [0.3, 0.4) is 0 Å². The minimum atomic E-state index is 0.481. The van der Waals surface area contributed by atoms with Gasteiger partial charge in [-0.3, -0.25) is 0 Å². The largest absolute Gasteiger partial charge is 0.307 e. The Kier molecular flexibility index (Phi) is 3.90. The molecule has 0 saturated heterocycles. The first kappa shape index (κ1) is 10.1. The molecule has 0 unspecified atom stereocenters. The van der Waals surface area contributed by atoms with Crippen molar-refractivity contribution in [1.29, 1.82) is 0 Å². The first-order valence-corrected chi connectivity index (χ1v) is 6.08. The van der Waals surface area contributed by atoms with E-state index in [9.17, 15) is 0 Å². The summed E-state index contributed by atoms with van der Waals surface area (Å²) >= 11 is 1.53. The number of benzene rings is 1. The maximum atomic E-state index is 5.79. The van der Waals surface area contributed by atoms with Gasteiger partial charge in [-0.25, -0.2) is 0 Å². The van der Waals surface area contributed by atoms with E-state index < -0.39 is 0 Å². The summed E-state index contributed by atoms with van der Waals surface area (Å²) in [6, 6.07) is 10.3. The molecule has 76 valence electrons. The molecule has 1 saturated carbocycles. The molecule has 1 nitrogen and oxygen atoms in total. The van der Waals surface area contributed by atoms with Crippen LogP contribution < -0.4 is 0 Å². The summed E-state index contributed by atoms with van der Waals surface area (Å²) in [4.78, 5) is 1.21. The molecule has 0 aliphatic heterocycles. The molecule has 1 aromatic rings. The maximum Gasteiger partial charge on any atom is 0.0727 e. The van der Waals surface area contributed by atoms with Gasteiger partial charge >= 0.3 is 0 Å². The molecule has 0 atom stereocenters. The Hall–Kier alpha value is -0.470. The zero-order chi connectivity index (χ0) is 9.64. The zero-order valence-corrected chi connectivity index (χ0v) is 9.13. The lowest BCUT2D eigenvalue weighted by Gasteiger charge is -2.20. The van der Waals surface area contributed by atoms with Crippen LogP contribution in [0.1, 0.15) is 32.1 Å². The fraction of sp³-hybridized carbons (Fsp3) is 0.500. The van der Waals surface area contributed by atoms with Crippen LogP contribution in [0.2, 0.25) is 0 Å². The number of hydrogen-bond acceptors (Lipinski definition) is 2. The molecular weight excluding hydrogens is 192 g/mol. The van der Waals surface area contributed by atoms with E-state index in [4.69, 9.17) is 4.18 Å². The maximum absolute atomic E-state index is 5.79. The smallest absolute Gasteiger partial charge is 0.0727 e. The van der Waals surface area contributed by atoms with Crippen molar-refractivity contribution in [3.63, 3.8) is 0 Å². The van der Waals surface area contributed by atoms with Crippen LogP contribution in [-0.2, 0) is 4.18 Å². The van der Waals surface area contributed by atoms with Crippen LogP contribution in [0.4, 0.5) is 0 Å². The summed E-state index contributed by atoms with van der Waals surface area (Å²) in [5, 5.41) is 0. The molecule has 0 radical (unpaired) electrons. The van der Waals surface area contributed by atoms with Crippen molar-refractivity contribution in [3.05, 3.63) is 30.3 Å². The predicted molar refractivity (Wildman–Crippen MR) is 60.3 cm³/mol. The molecule has 1 aromatic carbocycles. The van der Waals surface area contributed by atoms with Gasteiger partial charge in [-0.05, 0) is 25.0 Å². The second kappa shape index (κ2) is 5.42. The Labute approximate surface area is 90.1 Å². The summed E-state index contributed by atoms with van der Waals surface area (Å²) in [5.74, 6) is 0. The lowest BCUT2D eigenvalue weighted by atomic mass is 9.98. The molecule has 0 amide bonds. The molecule has 0 spiro atoms. The third-order valence-electron chi connectivity index (χ3n) is 2.58. The van der Waals surface area contributed by atoms with Crippen LogP contribution >= 0.6 is 12.0 Å². The molecule has 0 bridgehead atoms. The Morgan fingerprint density at radius 2 is 1.71 bits per heavy atom. The molecule has 1 fully saturated rings. The Morgan fingerprint density at radius 3 is 2.43 bits per heavy atom. The molecule has 0 heterocycles. The predicted octanol–water partition coefficient (Wildman–Crippen LogP) is 4.04. The molecule has 14 heavy (non-hydrogen) atoms. The van der Waals surface area contributed by atoms with E-state index in [2.05, 4.69) is 12.1 Å². The van der Waals surface area contributed by atoms with E-state index in [1.807, 2.05) is 18.2 Å². The molecule has 2 heteroatoms. The lowest BCUT2D eigenvalue weighted by molar-refractivity contribution is 0.185. The van der Waals surface area contributed by atoms with Gasteiger partial charge in [-0.15, -0.1) is 0 Å². The summed E-state index contributed by atoms with van der Waals surface area (Å²) in [6.07, 6.45) is 7.00. The van der Waals surface area contributed by atoms with Gasteiger partial charge in [-0.1, -0.05) is 37.5 Å². The van der Waals surface area contributed by atoms with Crippen LogP contribution in [0.25, 0.3) is 0 Å². The monoisotopic (exact) mass is 208 g/mol. The highest BCUT2D eigenvalue weighted by Crippen LogP contribution is 2.27.